The lowest BCUT2D eigenvalue weighted by molar-refractivity contribution is -0.144. The molecule has 2 amide bonds. The molecule has 13 heteroatoms. The third-order valence-electron chi connectivity index (χ3n) is 4.54. The average Bonchev–Trinajstić information content (AvgIpc) is 2.71. The summed E-state index contributed by atoms with van der Waals surface area (Å²) in [7, 11) is 0. The van der Waals surface area contributed by atoms with Gasteiger partial charge in [-0.3, -0.25) is 9.59 Å². The van der Waals surface area contributed by atoms with Gasteiger partial charge in [-0.1, -0.05) is 13.3 Å². The zero-order valence-corrected chi connectivity index (χ0v) is 18.2. The summed E-state index contributed by atoms with van der Waals surface area (Å²) in [6.45, 7) is 3.63. The van der Waals surface area contributed by atoms with Crippen LogP contribution in [0, 0.1) is 0 Å². The maximum Gasteiger partial charge on any atom is 0.370 e. The fourth-order valence-corrected chi connectivity index (χ4v) is 2.97. The number of hydrogen-bond donors (Lipinski definition) is 7. The van der Waals surface area contributed by atoms with Gasteiger partial charge in [0.1, 0.15) is 18.3 Å². The van der Waals surface area contributed by atoms with Gasteiger partial charge in [-0.2, -0.15) is 0 Å². The van der Waals surface area contributed by atoms with Crippen LogP contribution in [0.15, 0.2) is 16.8 Å². The first-order valence-corrected chi connectivity index (χ1v) is 10.2. The highest BCUT2D eigenvalue weighted by atomic mass is 16.5. The fourth-order valence-electron chi connectivity index (χ4n) is 2.97. The van der Waals surface area contributed by atoms with Crippen molar-refractivity contribution in [3.8, 4) is 0 Å². The summed E-state index contributed by atoms with van der Waals surface area (Å²) in [4.78, 5) is 38.9. The SMILES string of the molecule is CCCCOCCC(=O)NC[C@@H](O)[C@@H](O)[C@@H]1OC(C(=O)O)=C[C@H](N=C(N)N)[C@H]1NC(C)=O. The van der Waals surface area contributed by atoms with Crippen LogP contribution in [0.4, 0.5) is 0 Å². The number of ether oxygens (including phenoxy) is 2. The van der Waals surface area contributed by atoms with Crippen molar-refractivity contribution in [2.45, 2.75) is 63.5 Å². The molecule has 0 aromatic heterocycles. The average molecular weight is 460 g/mol. The van der Waals surface area contributed by atoms with Crippen LogP contribution in [0.25, 0.3) is 0 Å². The van der Waals surface area contributed by atoms with Crippen molar-refractivity contribution >= 4 is 23.7 Å². The van der Waals surface area contributed by atoms with Crippen molar-refractivity contribution in [2.75, 3.05) is 19.8 Å². The third kappa shape index (κ3) is 9.08. The van der Waals surface area contributed by atoms with Crippen LogP contribution >= 0.6 is 0 Å². The minimum Gasteiger partial charge on any atom is -0.478 e. The van der Waals surface area contributed by atoms with Crippen LogP contribution in [0.3, 0.4) is 0 Å². The Bertz CT molecular complexity index is 710. The Morgan fingerprint density at radius 2 is 1.97 bits per heavy atom. The van der Waals surface area contributed by atoms with Crippen LogP contribution in [0.1, 0.15) is 33.1 Å². The maximum absolute atomic E-state index is 11.9. The molecule has 5 atom stereocenters. The van der Waals surface area contributed by atoms with E-state index in [0.717, 1.165) is 18.9 Å². The molecule has 13 nitrogen and oxygen atoms in total. The van der Waals surface area contributed by atoms with E-state index in [4.69, 9.17) is 20.9 Å². The number of nitrogens with one attached hydrogen (secondary N) is 2. The molecule has 1 aliphatic heterocycles. The smallest absolute Gasteiger partial charge is 0.370 e. The van der Waals surface area contributed by atoms with E-state index in [0.29, 0.717) is 6.61 Å². The van der Waals surface area contributed by atoms with E-state index in [2.05, 4.69) is 15.6 Å². The van der Waals surface area contributed by atoms with Crippen LogP contribution < -0.4 is 22.1 Å². The second-order valence-electron chi connectivity index (χ2n) is 7.27. The number of hydrogen-bond acceptors (Lipinski definition) is 8. The minimum absolute atomic E-state index is 0.0689. The van der Waals surface area contributed by atoms with Crippen molar-refractivity contribution in [3.05, 3.63) is 11.8 Å². The standard InChI is InChI=1S/C19H33N5O8/c1-3-4-6-31-7-5-14(27)22-9-12(26)16(28)17-15(23-10(2)25)11(24-19(20)21)8-13(32-17)18(29)30/h8,11-12,15-17,26,28H,3-7,9H2,1-2H3,(H,22,27)(H,23,25)(H,29,30)(H4,20,21,24)/t11-,12+,15+,16+,17+/m0/s1. The molecule has 0 aromatic rings. The van der Waals surface area contributed by atoms with Gasteiger partial charge in [0.15, 0.2) is 5.96 Å². The Hall–Kier alpha value is -2.90. The zero-order valence-electron chi connectivity index (χ0n) is 18.2. The van der Waals surface area contributed by atoms with Gasteiger partial charge >= 0.3 is 5.97 Å². The Kier molecular flexibility index (Phi) is 11.4. The first kappa shape index (κ1) is 27.1. The topological polar surface area (TPSA) is 219 Å². The molecule has 1 aliphatic rings. The Labute approximate surface area is 185 Å². The Balaban J connectivity index is 2.85. The molecule has 182 valence electrons. The third-order valence-corrected chi connectivity index (χ3v) is 4.54. The van der Waals surface area contributed by atoms with Crippen LogP contribution in [-0.4, -0.2) is 89.2 Å². The monoisotopic (exact) mass is 459 g/mol. The molecule has 0 unspecified atom stereocenters. The largest absolute Gasteiger partial charge is 0.478 e. The minimum atomic E-state index is -1.70. The Morgan fingerprint density at radius 1 is 1.28 bits per heavy atom. The van der Waals surface area contributed by atoms with E-state index in [9.17, 15) is 29.7 Å². The van der Waals surface area contributed by atoms with Crippen molar-refractivity contribution in [1.82, 2.24) is 10.6 Å². The number of aliphatic carboxylic acids is 1. The quantitative estimate of drug-likeness (QED) is 0.0875. The first-order chi connectivity index (χ1) is 15.1. The molecule has 9 N–H and O–H groups in total. The van der Waals surface area contributed by atoms with Gasteiger partial charge in [-0.05, 0) is 12.5 Å². The number of nitrogens with two attached hydrogens (primary N) is 2. The molecule has 0 fully saturated rings. The molecular weight excluding hydrogens is 426 g/mol. The number of rotatable bonds is 13. The van der Waals surface area contributed by atoms with Crippen molar-refractivity contribution in [3.63, 3.8) is 0 Å². The summed E-state index contributed by atoms with van der Waals surface area (Å²) in [6, 6.07) is -2.17. The van der Waals surface area contributed by atoms with Gasteiger partial charge in [0.05, 0.1) is 18.7 Å². The molecule has 0 spiro atoms. The number of guanidine groups is 1. The van der Waals surface area contributed by atoms with Gasteiger partial charge in [-0.25, -0.2) is 9.79 Å². The number of unbranched alkanes of at least 4 members (excludes halogenated alkanes) is 1. The number of carbonyl (C=O) groups is 3. The van der Waals surface area contributed by atoms with Crippen molar-refractivity contribution in [1.29, 1.82) is 0 Å². The summed E-state index contributed by atoms with van der Waals surface area (Å²) in [5, 5.41) is 35.3. The molecule has 0 saturated carbocycles. The van der Waals surface area contributed by atoms with E-state index in [1.165, 1.54) is 6.92 Å². The molecule has 32 heavy (non-hydrogen) atoms. The van der Waals surface area contributed by atoms with Gasteiger partial charge < -0.3 is 46.9 Å². The molecule has 1 heterocycles. The normalized spacial score (nSPS) is 22.0. The molecule has 0 aliphatic carbocycles. The number of amides is 2. The zero-order chi connectivity index (χ0) is 24.3. The summed E-state index contributed by atoms with van der Waals surface area (Å²) in [5.41, 5.74) is 10.8. The predicted molar refractivity (Wildman–Crippen MR) is 113 cm³/mol. The van der Waals surface area contributed by atoms with E-state index in [1.807, 2.05) is 6.92 Å². The van der Waals surface area contributed by atoms with Crippen molar-refractivity contribution in [2.24, 2.45) is 16.5 Å². The van der Waals surface area contributed by atoms with Crippen LogP contribution in [-0.2, 0) is 23.9 Å². The number of nitrogens with zero attached hydrogens (tertiary/aromatic N) is 1. The summed E-state index contributed by atoms with van der Waals surface area (Å²) >= 11 is 0. The molecular formula is C19H33N5O8. The fraction of sp³-hybridized carbons (Fsp3) is 0.684. The summed E-state index contributed by atoms with van der Waals surface area (Å²) in [5.74, 6) is -3.32. The summed E-state index contributed by atoms with van der Waals surface area (Å²) < 4.78 is 10.6. The molecule has 0 saturated heterocycles. The van der Waals surface area contributed by atoms with Gasteiger partial charge in [0, 0.05) is 26.5 Å². The van der Waals surface area contributed by atoms with Gasteiger partial charge in [0.2, 0.25) is 17.6 Å². The van der Waals surface area contributed by atoms with Gasteiger partial charge in [-0.15, -0.1) is 0 Å². The highest BCUT2D eigenvalue weighted by molar-refractivity contribution is 5.85. The number of carboxylic acid groups (broad SMARTS) is 1. The highest BCUT2D eigenvalue weighted by Gasteiger charge is 2.43. The van der Waals surface area contributed by atoms with Crippen LogP contribution in [0.2, 0.25) is 0 Å². The molecule has 0 radical (unpaired) electrons. The van der Waals surface area contributed by atoms with Crippen molar-refractivity contribution < 1.29 is 39.2 Å². The molecule has 0 aromatic carbocycles. The van der Waals surface area contributed by atoms with E-state index >= 15 is 0 Å². The number of aliphatic imine (C=N–C) groups is 1. The number of carboxylic acids is 1. The lowest BCUT2D eigenvalue weighted by atomic mass is 9.92. The predicted octanol–water partition coefficient (Wildman–Crippen LogP) is -2.45. The second-order valence-corrected chi connectivity index (χ2v) is 7.27. The molecule has 1 rings (SSSR count). The summed E-state index contributed by atoms with van der Waals surface area (Å²) in [6.07, 6.45) is -1.66. The number of aliphatic hydroxyl groups is 2. The highest BCUT2D eigenvalue weighted by Crippen LogP contribution is 2.24. The first-order valence-electron chi connectivity index (χ1n) is 10.2. The lowest BCUT2D eigenvalue weighted by Crippen LogP contribution is -2.60. The van der Waals surface area contributed by atoms with E-state index < -0.39 is 53.9 Å². The van der Waals surface area contributed by atoms with E-state index in [-0.39, 0.29) is 25.5 Å². The maximum atomic E-state index is 11.9. The van der Waals surface area contributed by atoms with E-state index in [1.54, 1.807) is 0 Å². The van der Waals surface area contributed by atoms with Crippen LogP contribution in [0.5, 0.6) is 0 Å². The number of carbonyl (C=O) groups excluding carboxylic acids is 2. The molecule has 0 bridgehead atoms. The lowest BCUT2D eigenvalue weighted by Gasteiger charge is -2.38. The van der Waals surface area contributed by atoms with Gasteiger partial charge in [0.25, 0.3) is 0 Å². The number of aliphatic hydroxyl groups excluding tert-OH is 2. The second kappa shape index (κ2) is 13.5. The Morgan fingerprint density at radius 3 is 2.53 bits per heavy atom.